The van der Waals surface area contributed by atoms with Gasteiger partial charge in [-0.05, 0) is 55.7 Å². The Kier molecular flexibility index (Phi) is 5.99. The fourth-order valence-electron chi connectivity index (χ4n) is 2.88. The number of benzene rings is 1. The van der Waals surface area contributed by atoms with Crippen LogP contribution in [0, 0.1) is 6.92 Å². The zero-order valence-electron chi connectivity index (χ0n) is 15.1. The van der Waals surface area contributed by atoms with E-state index in [9.17, 15) is 13.2 Å². The molecular weight excluding hydrogens is 382 g/mol. The Bertz CT molecular complexity index is 931. The number of aryl methyl sites for hydroxylation is 2. The molecule has 26 heavy (non-hydrogen) atoms. The number of halogens is 5. The lowest BCUT2D eigenvalue weighted by Crippen LogP contribution is -2.06. The summed E-state index contributed by atoms with van der Waals surface area (Å²) in [4.78, 5) is 0. The molecule has 1 aromatic heterocycles. The predicted octanol–water partition coefficient (Wildman–Crippen LogP) is 7.26. The van der Waals surface area contributed by atoms with Crippen LogP contribution in [-0.2, 0) is 19.6 Å². The molecule has 1 aromatic carbocycles. The molecule has 0 bridgehead atoms. The van der Waals surface area contributed by atoms with Crippen molar-refractivity contribution in [3.63, 3.8) is 0 Å². The standard InChI is InChI=1S/C20H20Cl2F3N/c1-6-17(21)16(19(22)11(2)3)10-14-9-15-12(4)7-13(20(23,24)25)8-18(15)26(14)5/h6-9H,2,10H2,1,3-5H3/b17-6+,19-16+. The van der Waals surface area contributed by atoms with Gasteiger partial charge in [-0.1, -0.05) is 35.9 Å². The van der Waals surface area contributed by atoms with Crippen LogP contribution in [0.15, 0.2) is 52.1 Å². The minimum Gasteiger partial charge on any atom is -0.347 e. The fourth-order valence-corrected chi connectivity index (χ4v) is 3.25. The lowest BCUT2D eigenvalue weighted by Gasteiger charge is -2.12. The van der Waals surface area contributed by atoms with Crippen LogP contribution in [-0.4, -0.2) is 4.57 Å². The van der Waals surface area contributed by atoms with Crippen LogP contribution < -0.4 is 0 Å². The van der Waals surface area contributed by atoms with E-state index in [1.54, 1.807) is 38.5 Å². The normalized spacial score (nSPS) is 14.0. The molecule has 6 heteroatoms. The molecular formula is C20H20Cl2F3N. The summed E-state index contributed by atoms with van der Waals surface area (Å²) in [7, 11) is 1.74. The van der Waals surface area contributed by atoms with Crippen LogP contribution in [0.1, 0.15) is 30.7 Å². The van der Waals surface area contributed by atoms with Gasteiger partial charge in [-0.3, -0.25) is 0 Å². The lowest BCUT2D eigenvalue weighted by molar-refractivity contribution is -0.137. The Labute approximate surface area is 161 Å². The highest BCUT2D eigenvalue weighted by Crippen LogP contribution is 2.35. The summed E-state index contributed by atoms with van der Waals surface area (Å²) in [5, 5.41) is 1.74. The first kappa shape index (κ1) is 20.7. The number of fused-ring (bicyclic) bond motifs is 1. The maximum Gasteiger partial charge on any atom is 0.416 e. The maximum atomic E-state index is 13.1. The average molecular weight is 402 g/mol. The van der Waals surface area contributed by atoms with Crippen molar-refractivity contribution in [3.8, 4) is 0 Å². The van der Waals surface area contributed by atoms with Crippen molar-refractivity contribution >= 4 is 34.1 Å². The van der Waals surface area contributed by atoms with Gasteiger partial charge in [0.1, 0.15) is 0 Å². The molecule has 2 aromatic rings. The molecule has 0 atom stereocenters. The summed E-state index contributed by atoms with van der Waals surface area (Å²) >= 11 is 12.7. The van der Waals surface area contributed by atoms with E-state index in [4.69, 9.17) is 23.2 Å². The van der Waals surface area contributed by atoms with E-state index >= 15 is 0 Å². The summed E-state index contributed by atoms with van der Waals surface area (Å²) in [6, 6.07) is 4.22. The SMILES string of the molecule is C=C(C)/C(Cl)=C(Cc1cc2c(C)cc(C(F)(F)F)cc2n1C)\C(Cl)=C/C. The molecule has 140 valence electrons. The van der Waals surface area contributed by atoms with Crippen LogP contribution >= 0.6 is 23.2 Å². The molecule has 1 heterocycles. The van der Waals surface area contributed by atoms with E-state index in [1.807, 2.05) is 6.07 Å². The van der Waals surface area contributed by atoms with Crippen molar-refractivity contribution in [2.24, 2.45) is 7.05 Å². The summed E-state index contributed by atoms with van der Waals surface area (Å²) in [6.45, 7) is 9.10. The van der Waals surface area contributed by atoms with Crippen molar-refractivity contribution in [2.45, 2.75) is 33.4 Å². The van der Waals surface area contributed by atoms with Crippen molar-refractivity contribution in [1.82, 2.24) is 4.57 Å². The van der Waals surface area contributed by atoms with Crippen molar-refractivity contribution in [3.05, 3.63) is 68.9 Å². The zero-order valence-corrected chi connectivity index (χ0v) is 16.6. The van der Waals surface area contributed by atoms with Gasteiger partial charge in [-0.2, -0.15) is 13.2 Å². The zero-order chi connectivity index (χ0) is 19.8. The maximum absolute atomic E-state index is 13.1. The smallest absolute Gasteiger partial charge is 0.347 e. The highest BCUT2D eigenvalue weighted by molar-refractivity contribution is 6.36. The van der Waals surface area contributed by atoms with Crippen molar-refractivity contribution in [1.29, 1.82) is 0 Å². The number of aromatic nitrogens is 1. The van der Waals surface area contributed by atoms with Gasteiger partial charge in [0.15, 0.2) is 0 Å². The second kappa shape index (κ2) is 7.53. The molecule has 0 aliphatic rings. The van der Waals surface area contributed by atoms with E-state index in [0.717, 1.165) is 11.1 Å². The first-order valence-corrected chi connectivity index (χ1v) is 8.75. The number of alkyl halides is 3. The van der Waals surface area contributed by atoms with Gasteiger partial charge < -0.3 is 4.57 Å². The van der Waals surface area contributed by atoms with Gasteiger partial charge in [0.25, 0.3) is 0 Å². The second-order valence-electron chi connectivity index (χ2n) is 6.30. The van der Waals surface area contributed by atoms with Crippen LogP contribution in [0.4, 0.5) is 13.2 Å². The van der Waals surface area contributed by atoms with Gasteiger partial charge in [0.05, 0.1) is 5.56 Å². The van der Waals surface area contributed by atoms with Crippen LogP contribution in [0.3, 0.4) is 0 Å². The van der Waals surface area contributed by atoms with Crippen molar-refractivity contribution in [2.75, 3.05) is 0 Å². The van der Waals surface area contributed by atoms with Crippen LogP contribution in [0.2, 0.25) is 0 Å². The first-order valence-electron chi connectivity index (χ1n) is 8.00. The lowest BCUT2D eigenvalue weighted by atomic mass is 10.0. The predicted molar refractivity (Wildman–Crippen MR) is 104 cm³/mol. The second-order valence-corrected chi connectivity index (χ2v) is 7.09. The topological polar surface area (TPSA) is 4.93 Å². The van der Waals surface area contributed by atoms with Gasteiger partial charge in [-0.15, -0.1) is 0 Å². The Morgan fingerprint density at radius 1 is 1.23 bits per heavy atom. The molecule has 0 saturated heterocycles. The summed E-state index contributed by atoms with van der Waals surface area (Å²) in [5.74, 6) is 0. The molecule has 0 radical (unpaired) electrons. The number of nitrogens with zero attached hydrogens (tertiary/aromatic N) is 1. The third kappa shape index (κ3) is 4.02. The highest BCUT2D eigenvalue weighted by atomic mass is 35.5. The third-order valence-electron chi connectivity index (χ3n) is 4.33. The van der Waals surface area contributed by atoms with Gasteiger partial charge >= 0.3 is 6.18 Å². The minimum absolute atomic E-state index is 0.390. The molecule has 0 amide bonds. The number of hydrogen-bond acceptors (Lipinski definition) is 0. The average Bonchev–Trinajstić information content (AvgIpc) is 2.87. The number of hydrogen-bond donors (Lipinski definition) is 0. The summed E-state index contributed by atoms with van der Waals surface area (Å²) < 4.78 is 41.1. The fraction of sp³-hybridized carbons (Fsp3) is 0.300. The van der Waals surface area contributed by atoms with Crippen LogP contribution in [0.5, 0.6) is 0 Å². The number of allylic oxidation sites excluding steroid dienone is 5. The third-order valence-corrected chi connectivity index (χ3v) is 5.33. The summed E-state index contributed by atoms with van der Waals surface area (Å²) in [6.07, 6.45) is -2.26. The molecule has 0 spiro atoms. The molecule has 0 aliphatic heterocycles. The Morgan fingerprint density at radius 2 is 1.85 bits per heavy atom. The van der Waals surface area contributed by atoms with Gasteiger partial charge in [0, 0.05) is 40.1 Å². The Hall–Kier alpha value is -1.65. The summed E-state index contributed by atoms with van der Waals surface area (Å²) in [5.41, 5.74) is 2.63. The van der Waals surface area contributed by atoms with E-state index in [0.29, 0.717) is 38.7 Å². The van der Waals surface area contributed by atoms with Crippen molar-refractivity contribution < 1.29 is 13.2 Å². The largest absolute Gasteiger partial charge is 0.416 e. The van der Waals surface area contributed by atoms with E-state index in [-0.39, 0.29) is 0 Å². The van der Waals surface area contributed by atoms with Crippen LogP contribution in [0.25, 0.3) is 10.9 Å². The molecule has 0 unspecified atom stereocenters. The Morgan fingerprint density at radius 3 is 2.35 bits per heavy atom. The molecule has 0 fully saturated rings. The monoisotopic (exact) mass is 401 g/mol. The van der Waals surface area contributed by atoms with E-state index in [1.165, 1.54) is 12.1 Å². The quantitative estimate of drug-likeness (QED) is 0.475. The van der Waals surface area contributed by atoms with Gasteiger partial charge in [0.2, 0.25) is 0 Å². The minimum atomic E-state index is -4.38. The molecule has 0 saturated carbocycles. The van der Waals surface area contributed by atoms with E-state index < -0.39 is 11.7 Å². The molecule has 2 rings (SSSR count). The highest BCUT2D eigenvalue weighted by Gasteiger charge is 2.31. The molecule has 0 N–H and O–H groups in total. The van der Waals surface area contributed by atoms with E-state index in [2.05, 4.69) is 6.58 Å². The first-order chi connectivity index (χ1) is 12.0. The molecule has 0 aliphatic carbocycles. The number of rotatable bonds is 4. The Balaban J connectivity index is 2.64. The van der Waals surface area contributed by atoms with Gasteiger partial charge in [-0.25, -0.2) is 0 Å². The molecule has 1 nitrogen and oxygen atoms in total.